The Kier molecular flexibility index (Phi) is 5.72. The van der Waals surface area contributed by atoms with E-state index in [0.717, 1.165) is 18.3 Å². The van der Waals surface area contributed by atoms with Crippen LogP contribution in [-0.4, -0.2) is 17.7 Å². The molecule has 1 heterocycles. The van der Waals surface area contributed by atoms with Crippen molar-refractivity contribution in [3.05, 3.63) is 63.9 Å². The van der Waals surface area contributed by atoms with E-state index >= 15 is 0 Å². The van der Waals surface area contributed by atoms with E-state index in [-0.39, 0.29) is 29.2 Å². The van der Waals surface area contributed by atoms with Crippen LogP contribution >= 0.6 is 11.6 Å². The van der Waals surface area contributed by atoms with Crippen LogP contribution < -0.4 is 0 Å². The fourth-order valence-electron chi connectivity index (χ4n) is 2.01. The van der Waals surface area contributed by atoms with Gasteiger partial charge in [-0.15, -0.1) is 0 Å². The standard InChI is InChI=1S/C16H11ClF6N2/c17-13-7-11(15(18,19)20)9-25-14(13)5-6-24-8-10-3-1-2-4-12(10)16(21,22)23/h1-4,7-9H,5-6H2. The molecule has 1 aromatic carbocycles. The molecule has 2 nitrogen and oxygen atoms in total. The first-order valence-electron chi connectivity index (χ1n) is 6.96. The summed E-state index contributed by atoms with van der Waals surface area (Å²) in [6.07, 6.45) is -7.22. The molecule has 0 aliphatic rings. The van der Waals surface area contributed by atoms with Gasteiger partial charge in [0.1, 0.15) is 0 Å². The van der Waals surface area contributed by atoms with Crippen LogP contribution in [0.2, 0.25) is 5.02 Å². The second kappa shape index (κ2) is 7.43. The van der Waals surface area contributed by atoms with E-state index < -0.39 is 23.5 Å². The van der Waals surface area contributed by atoms with E-state index in [1.807, 2.05) is 0 Å². The van der Waals surface area contributed by atoms with Gasteiger partial charge in [0.25, 0.3) is 0 Å². The zero-order chi connectivity index (χ0) is 18.7. The number of rotatable bonds is 4. The van der Waals surface area contributed by atoms with Gasteiger partial charge in [-0.1, -0.05) is 29.8 Å². The third-order valence-corrected chi connectivity index (χ3v) is 3.55. The van der Waals surface area contributed by atoms with Crippen molar-refractivity contribution >= 4 is 17.8 Å². The zero-order valence-electron chi connectivity index (χ0n) is 12.5. The van der Waals surface area contributed by atoms with E-state index in [0.29, 0.717) is 6.20 Å². The number of hydrogen-bond acceptors (Lipinski definition) is 2. The second-order valence-corrected chi connectivity index (χ2v) is 5.43. The van der Waals surface area contributed by atoms with Gasteiger partial charge in [-0.25, -0.2) is 0 Å². The van der Waals surface area contributed by atoms with Crippen LogP contribution in [0.25, 0.3) is 0 Å². The smallest absolute Gasteiger partial charge is 0.292 e. The number of halogens is 7. The Bertz CT molecular complexity index is 768. The first-order valence-corrected chi connectivity index (χ1v) is 7.34. The van der Waals surface area contributed by atoms with Gasteiger partial charge >= 0.3 is 12.4 Å². The lowest BCUT2D eigenvalue weighted by molar-refractivity contribution is -0.138. The van der Waals surface area contributed by atoms with Crippen LogP contribution in [0.3, 0.4) is 0 Å². The van der Waals surface area contributed by atoms with E-state index in [9.17, 15) is 26.3 Å². The predicted octanol–water partition coefficient (Wildman–Crippen LogP) is 5.43. The molecule has 0 saturated carbocycles. The molecule has 0 saturated heterocycles. The summed E-state index contributed by atoms with van der Waals surface area (Å²) < 4.78 is 76.0. The highest BCUT2D eigenvalue weighted by Crippen LogP contribution is 2.32. The summed E-state index contributed by atoms with van der Waals surface area (Å²) in [6, 6.07) is 5.69. The molecule has 134 valence electrons. The lowest BCUT2D eigenvalue weighted by Gasteiger charge is -2.09. The van der Waals surface area contributed by atoms with Gasteiger partial charge in [0, 0.05) is 30.9 Å². The fourth-order valence-corrected chi connectivity index (χ4v) is 2.27. The molecule has 25 heavy (non-hydrogen) atoms. The molecule has 0 N–H and O–H groups in total. The van der Waals surface area contributed by atoms with Crippen molar-refractivity contribution in [2.24, 2.45) is 4.99 Å². The molecule has 9 heteroatoms. The Morgan fingerprint density at radius 3 is 2.32 bits per heavy atom. The molecule has 0 spiro atoms. The normalized spacial score (nSPS) is 12.8. The highest BCUT2D eigenvalue weighted by atomic mass is 35.5. The summed E-state index contributed by atoms with van der Waals surface area (Å²) in [6.45, 7) is 0.0320. The largest absolute Gasteiger partial charge is 0.417 e. The van der Waals surface area contributed by atoms with E-state index in [4.69, 9.17) is 11.6 Å². The van der Waals surface area contributed by atoms with Gasteiger partial charge in [-0.2, -0.15) is 26.3 Å². The van der Waals surface area contributed by atoms with Crippen molar-refractivity contribution in [2.75, 3.05) is 6.54 Å². The molecule has 2 aromatic rings. The van der Waals surface area contributed by atoms with Gasteiger partial charge in [-0.3, -0.25) is 9.98 Å². The van der Waals surface area contributed by atoms with Gasteiger partial charge < -0.3 is 0 Å². The third-order valence-electron chi connectivity index (χ3n) is 3.22. The molecular formula is C16H11ClF6N2. The van der Waals surface area contributed by atoms with Crippen molar-refractivity contribution < 1.29 is 26.3 Å². The van der Waals surface area contributed by atoms with Crippen molar-refractivity contribution in [3.8, 4) is 0 Å². The van der Waals surface area contributed by atoms with E-state index in [1.165, 1.54) is 18.2 Å². The quantitative estimate of drug-likeness (QED) is 0.512. The zero-order valence-corrected chi connectivity index (χ0v) is 13.3. The highest BCUT2D eigenvalue weighted by molar-refractivity contribution is 6.31. The first-order chi connectivity index (χ1) is 11.6. The molecule has 2 rings (SSSR count). The fraction of sp³-hybridized carbons (Fsp3) is 0.250. The van der Waals surface area contributed by atoms with E-state index in [1.54, 1.807) is 0 Å². The monoisotopic (exact) mass is 380 g/mol. The molecule has 0 radical (unpaired) electrons. The van der Waals surface area contributed by atoms with Crippen LogP contribution in [0, 0.1) is 0 Å². The van der Waals surface area contributed by atoms with Crippen molar-refractivity contribution in [3.63, 3.8) is 0 Å². The maximum Gasteiger partial charge on any atom is 0.417 e. The minimum absolute atomic E-state index is 0.0320. The number of aromatic nitrogens is 1. The molecule has 0 unspecified atom stereocenters. The van der Waals surface area contributed by atoms with Crippen molar-refractivity contribution in [1.29, 1.82) is 0 Å². The SMILES string of the molecule is FC(F)(F)c1cnc(CCN=Cc2ccccc2C(F)(F)F)c(Cl)c1. The Morgan fingerprint density at radius 2 is 1.72 bits per heavy atom. The van der Waals surface area contributed by atoms with Crippen molar-refractivity contribution in [2.45, 2.75) is 18.8 Å². The average molecular weight is 381 g/mol. The summed E-state index contributed by atoms with van der Waals surface area (Å²) in [4.78, 5) is 7.52. The van der Waals surface area contributed by atoms with Crippen LogP contribution in [0.15, 0.2) is 41.5 Å². The predicted molar refractivity (Wildman–Crippen MR) is 81.9 cm³/mol. The topological polar surface area (TPSA) is 25.2 Å². The average Bonchev–Trinajstić information content (AvgIpc) is 2.51. The Labute approximate surface area is 144 Å². The molecule has 0 fully saturated rings. The number of alkyl halides is 6. The molecular weight excluding hydrogens is 370 g/mol. The van der Waals surface area contributed by atoms with Crippen molar-refractivity contribution in [1.82, 2.24) is 4.98 Å². The minimum Gasteiger partial charge on any atom is -0.292 e. The molecule has 0 aliphatic carbocycles. The van der Waals surface area contributed by atoms with Crippen LogP contribution in [0.1, 0.15) is 22.4 Å². The Morgan fingerprint density at radius 1 is 1.04 bits per heavy atom. The first kappa shape index (κ1) is 19.2. The third kappa shape index (κ3) is 5.19. The molecule has 0 atom stereocenters. The number of pyridine rings is 1. The summed E-state index contributed by atoms with van der Waals surface area (Å²) in [5.74, 6) is 0. The van der Waals surface area contributed by atoms with Crippen LogP contribution in [0.5, 0.6) is 0 Å². The number of hydrogen-bond donors (Lipinski definition) is 0. The maximum atomic E-state index is 12.8. The van der Waals surface area contributed by atoms with Crippen LogP contribution in [0.4, 0.5) is 26.3 Å². The number of benzene rings is 1. The van der Waals surface area contributed by atoms with E-state index in [2.05, 4.69) is 9.98 Å². The summed E-state index contributed by atoms with van der Waals surface area (Å²) >= 11 is 5.75. The molecule has 0 aliphatic heterocycles. The van der Waals surface area contributed by atoms with Crippen LogP contribution in [-0.2, 0) is 18.8 Å². The Balaban J connectivity index is 2.06. The highest BCUT2D eigenvalue weighted by Gasteiger charge is 2.32. The molecule has 1 aromatic heterocycles. The maximum absolute atomic E-state index is 12.8. The summed E-state index contributed by atoms with van der Waals surface area (Å²) in [5, 5.41) is -0.166. The second-order valence-electron chi connectivity index (χ2n) is 5.02. The number of nitrogens with zero attached hydrogens (tertiary/aromatic N) is 2. The van der Waals surface area contributed by atoms with Gasteiger partial charge in [0.15, 0.2) is 0 Å². The molecule has 0 amide bonds. The molecule has 0 bridgehead atoms. The summed E-state index contributed by atoms with van der Waals surface area (Å²) in [5.41, 5.74) is -1.69. The Hall–Kier alpha value is -2.09. The van der Waals surface area contributed by atoms with Gasteiger partial charge in [-0.05, 0) is 12.1 Å². The minimum atomic E-state index is -4.55. The lowest BCUT2D eigenvalue weighted by atomic mass is 10.1. The van der Waals surface area contributed by atoms with Gasteiger partial charge in [0.05, 0.1) is 21.8 Å². The summed E-state index contributed by atoms with van der Waals surface area (Å²) in [7, 11) is 0. The number of aliphatic imine (C=N–C) groups is 1. The van der Waals surface area contributed by atoms with Gasteiger partial charge in [0.2, 0.25) is 0 Å². The lowest BCUT2D eigenvalue weighted by Crippen LogP contribution is -2.09.